The predicted molar refractivity (Wildman–Crippen MR) is 78.1 cm³/mol. The molecule has 0 radical (unpaired) electrons. The van der Waals surface area contributed by atoms with Crippen molar-refractivity contribution in [3.63, 3.8) is 0 Å². The van der Waals surface area contributed by atoms with E-state index >= 15 is 0 Å². The molecule has 1 aromatic carbocycles. The molecule has 1 aromatic rings. The van der Waals surface area contributed by atoms with Gasteiger partial charge in [-0.2, -0.15) is 5.26 Å². The summed E-state index contributed by atoms with van der Waals surface area (Å²) < 4.78 is 11.5. The Hall–Kier alpha value is -1.28. The first-order valence-corrected chi connectivity index (χ1v) is 7.27. The van der Waals surface area contributed by atoms with Crippen LogP contribution < -0.4 is 10.1 Å². The van der Waals surface area contributed by atoms with E-state index in [1.54, 1.807) is 18.2 Å². The van der Waals surface area contributed by atoms with Crippen LogP contribution >= 0.6 is 11.6 Å². The first kappa shape index (κ1) is 15.1. The SMILES string of the molecule is CCOC[C@H](Oc1ccc(C#N)c(Cl)c1)C1CCNC1. The molecular formula is C15H19ClN2O2. The number of nitrogens with one attached hydrogen (secondary N) is 1. The van der Waals surface area contributed by atoms with Gasteiger partial charge in [-0.05, 0) is 32.0 Å². The van der Waals surface area contributed by atoms with Crippen molar-refractivity contribution in [1.29, 1.82) is 5.26 Å². The minimum Gasteiger partial charge on any atom is -0.488 e. The number of nitriles is 1. The zero-order chi connectivity index (χ0) is 14.4. The summed E-state index contributed by atoms with van der Waals surface area (Å²) in [5, 5.41) is 12.6. The maximum absolute atomic E-state index is 8.88. The minimum absolute atomic E-state index is 0.00829. The molecule has 2 rings (SSSR count). The molecule has 20 heavy (non-hydrogen) atoms. The molecule has 0 bridgehead atoms. The summed E-state index contributed by atoms with van der Waals surface area (Å²) in [6.07, 6.45) is 1.09. The van der Waals surface area contributed by atoms with Gasteiger partial charge in [0.05, 0.1) is 17.2 Å². The van der Waals surface area contributed by atoms with E-state index in [2.05, 4.69) is 5.32 Å². The molecule has 0 aromatic heterocycles. The van der Waals surface area contributed by atoms with Gasteiger partial charge in [0, 0.05) is 25.1 Å². The Labute approximate surface area is 124 Å². The third-order valence-corrected chi connectivity index (χ3v) is 3.77. The number of nitrogens with zero attached hydrogens (tertiary/aromatic N) is 1. The van der Waals surface area contributed by atoms with Crippen molar-refractivity contribution in [2.45, 2.75) is 19.4 Å². The highest BCUT2D eigenvalue weighted by molar-refractivity contribution is 6.31. The summed E-state index contributed by atoms with van der Waals surface area (Å²) in [4.78, 5) is 0. The number of hydrogen-bond donors (Lipinski definition) is 1. The second kappa shape index (κ2) is 7.49. The third kappa shape index (κ3) is 3.86. The maximum Gasteiger partial charge on any atom is 0.126 e. The van der Waals surface area contributed by atoms with Crippen molar-refractivity contribution in [3.05, 3.63) is 28.8 Å². The molecule has 0 spiro atoms. The summed E-state index contributed by atoms with van der Waals surface area (Å²) in [6, 6.07) is 7.21. The van der Waals surface area contributed by atoms with Gasteiger partial charge in [-0.25, -0.2) is 0 Å². The van der Waals surface area contributed by atoms with E-state index in [0.717, 1.165) is 19.5 Å². The molecule has 1 N–H and O–H groups in total. The Morgan fingerprint density at radius 2 is 2.40 bits per heavy atom. The van der Waals surface area contributed by atoms with Gasteiger partial charge in [0.2, 0.25) is 0 Å². The summed E-state index contributed by atoms with van der Waals surface area (Å²) in [7, 11) is 0. The van der Waals surface area contributed by atoms with Crippen molar-refractivity contribution in [3.8, 4) is 11.8 Å². The Kier molecular flexibility index (Phi) is 5.66. The molecule has 108 valence electrons. The van der Waals surface area contributed by atoms with E-state index in [4.69, 9.17) is 26.3 Å². The average Bonchev–Trinajstić information content (AvgIpc) is 2.97. The van der Waals surface area contributed by atoms with E-state index in [1.807, 2.05) is 13.0 Å². The van der Waals surface area contributed by atoms with Crippen molar-refractivity contribution in [1.82, 2.24) is 5.32 Å². The summed E-state index contributed by atoms with van der Waals surface area (Å²) in [6.45, 7) is 5.18. The maximum atomic E-state index is 8.88. The fraction of sp³-hybridized carbons (Fsp3) is 0.533. The van der Waals surface area contributed by atoms with E-state index in [1.165, 1.54) is 0 Å². The quantitative estimate of drug-likeness (QED) is 0.876. The van der Waals surface area contributed by atoms with Crippen molar-refractivity contribution >= 4 is 11.6 Å². The number of halogens is 1. The van der Waals surface area contributed by atoms with Crippen LogP contribution in [-0.4, -0.2) is 32.4 Å². The zero-order valence-corrected chi connectivity index (χ0v) is 12.3. The molecule has 5 heteroatoms. The third-order valence-electron chi connectivity index (χ3n) is 3.46. The van der Waals surface area contributed by atoms with Crippen LogP contribution in [0.3, 0.4) is 0 Å². The second-order valence-corrected chi connectivity index (χ2v) is 5.23. The molecule has 1 saturated heterocycles. The van der Waals surface area contributed by atoms with Gasteiger partial charge in [0.15, 0.2) is 0 Å². The van der Waals surface area contributed by atoms with Gasteiger partial charge in [-0.15, -0.1) is 0 Å². The molecule has 2 atom stereocenters. The van der Waals surface area contributed by atoms with Crippen LogP contribution in [0.5, 0.6) is 5.75 Å². The Morgan fingerprint density at radius 3 is 3.00 bits per heavy atom. The molecular weight excluding hydrogens is 276 g/mol. The van der Waals surface area contributed by atoms with Gasteiger partial charge in [-0.3, -0.25) is 0 Å². The lowest BCUT2D eigenvalue weighted by molar-refractivity contribution is 0.0291. The molecule has 1 aliphatic rings. The highest BCUT2D eigenvalue weighted by atomic mass is 35.5. The smallest absolute Gasteiger partial charge is 0.126 e. The van der Waals surface area contributed by atoms with Crippen LogP contribution in [0.4, 0.5) is 0 Å². The zero-order valence-electron chi connectivity index (χ0n) is 11.6. The lowest BCUT2D eigenvalue weighted by Crippen LogP contribution is -2.33. The second-order valence-electron chi connectivity index (χ2n) is 4.82. The standard InChI is InChI=1S/C15H19ClN2O2/c1-2-19-10-15(12-5-6-18-9-12)20-13-4-3-11(8-17)14(16)7-13/h3-4,7,12,15,18H,2,5-6,9-10H2,1H3/t12?,15-/m0/s1. The van der Waals surface area contributed by atoms with E-state index < -0.39 is 0 Å². The normalized spacial score (nSPS) is 19.6. The van der Waals surface area contributed by atoms with Gasteiger partial charge in [0.25, 0.3) is 0 Å². The average molecular weight is 295 g/mol. The number of benzene rings is 1. The topological polar surface area (TPSA) is 54.3 Å². The molecule has 0 amide bonds. The Bertz CT molecular complexity index is 481. The van der Waals surface area contributed by atoms with Crippen LogP contribution in [0, 0.1) is 17.2 Å². The highest BCUT2D eigenvalue weighted by Crippen LogP contribution is 2.25. The van der Waals surface area contributed by atoms with Crippen molar-refractivity contribution < 1.29 is 9.47 Å². The van der Waals surface area contributed by atoms with Gasteiger partial charge in [-0.1, -0.05) is 11.6 Å². The van der Waals surface area contributed by atoms with Gasteiger partial charge >= 0.3 is 0 Å². The molecule has 4 nitrogen and oxygen atoms in total. The fourth-order valence-corrected chi connectivity index (χ4v) is 2.54. The van der Waals surface area contributed by atoms with Gasteiger partial charge in [0.1, 0.15) is 17.9 Å². The predicted octanol–water partition coefficient (Wildman–Crippen LogP) is 2.61. The van der Waals surface area contributed by atoms with Crippen molar-refractivity contribution in [2.75, 3.05) is 26.3 Å². The van der Waals surface area contributed by atoms with Gasteiger partial charge < -0.3 is 14.8 Å². The first-order valence-electron chi connectivity index (χ1n) is 6.89. The lowest BCUT2D eigenvalue weighted by Gasteiger charge is -2.24. The number of hydrogen-bond acceptors (Lipinski definition) is 4. The van der Waals surface area contributed by atoms with E-state index in [-0.39, 0.29) is 6.10 Å². The lowest BCUT2D eigenvalue weighted by atomic mass is 10.0. The molecule has 0 aliphatic carbocycles. The minimum atomic E-state index is 0.00829. The highest BCUT2D eigenvalue weighted by Gasteiger charge is 2.26. The number of rotatable bonds is 6. The van der Waals surface area contributed by atoms with Crippen LogP contribution in [0.25, 0.3) is 0 Å². The first-order chi connectivity index (χ1) is 9.74. The fourth-order valence-electron chi connectivity index (χ4n) is 2.33. The van der Waals surface area contributed by atoms with Crippen LogP contribution in [0.15, 0.2) is 18.2 Å². The molecule has 0 saturated carbocycles. The van der Waals surface area contributed by atoms with E-state index in [0.29, 0.717) is 35.5 Å². The summed E-state index contributed by atoms with van der Waals surface area (Å²) in [5.41, 5.74) is 0.461. The molecule has 1 unspecified atom stereocenters. The molecule has 1 heterocycles. The van der Waals surface area contributed by atoms with Crippen molar-refractivity contribution in [2.24, 2.45) is 5.92 Å². The molecule has 1 fully saturated rings. The Balaban J connectivity index is 2.06. The summed E-state index contributed by atoms with van der Waals surface area (Å²) in [5.74, 6) is 1.13. The van der Waals surface area contributed by atoms with Crippen LogP contribution in [-0.2, 0) is 4.74 Å². The number of ether oxygens (including phenoxy) is 2. The van der Waals surface area contributed by atoms with Crippen LogP contribution in [0.1, 0.15) is 18.9 Å². The van der Waals surface area contributed by atoms with E-state index in [9.17, 15) is 0 Å². The molecule has 1 aliphatic heterocycles. The van der Waals surface area contributed by atoms with Crippen LogP contribution in [0.2, 0.25) is 5.02 Å². The monoisotopic (exact) mass is 294 g/mol. The summed E-state index contributed by atoms with van der Waals surface area (Å²) >= 11 is 6.03. The Morgan fingerprint density at radius 1 is 1.55 bits per heavy atom. The largest absolute Gasteiger partial charge is 0.488 e.